The Morgan fingerprint density at radius 2 is 1.90 bits per heavy atom. The van der Waals surface area contributed by atoms with Gasteiger partial charge >= 0.3 is 5.69 Å². The first kappa shape index (κ1) is 14.6. The number of benzene rings is 2. The zero-order valence-corrected chi connectivity index (χ0v) is 11.2. The highest BCUT2D eigenvalue weighted by Gasteiger charge is 2.26. The number of hydrogen-bond acceptors (Lipinski definition) is 4. The molecule has 0 aliphatic carbocycles. The van der Waals surface area contributed by atoms with Crippen molar-refractivity contribution >= 4 is 11.5 Å². The van der Waals surface area contributed by atoms with E-state index >= 15 is 0 Å². The molecule has 21 heavy (non-hydrogen) atoms. The van der Waals surface area contributed by atoms with E-state index in [2.05, 4.69) is 0 Å². The van der Waals surface area contributed by atoms with E-state index in [1.807, 2.05) is 6.07 Å². The summed E-state index contributed by atoms with van der Waals surface area (Å²) >= 11 is 0. The van der Waals surface area contributed by atoms with E-state index in [0.29, 0.717) is 0 Å². The minimum absolute atomic E-state index is 0.0700. The van der Waals surface area contributed by atoms with Gasteiger partial charge in [0.05, 0.1) is 10.5 Å². The molecule has 0 bridgehead atoms. The first-order valence-corrected chi connectivity index (χ1v) is 6.15. The van der Waals surface area contributed by atoms with E-state index in [9.17, 15) is 19.3 Å². The molecule has 0 saturated carbocycles. The summed E-state index contributed by atoms with van der Waals surface area (Å²) in [6.45, 7) is 1.22. The molecule has 5 nitrogen and oxygen atoms in total. The first-order valence-electron chi connectivity index (χ1n) is 6.15. The van der Waals surface area contributed by atoms with Crippen molar-refractivity contribution in [2.45, 2.75) is 13.5 Å². The van der Waals surface area contributed by atoms with Gasteiger partial charge in [0.2, 0.25) is 11.6 Å². The van der Waals surface area contributed by atoms with Crippen molar-refractivity contribution in [3.63, 3.8) is 0 Å². The molecule has 0 atom stereocenters. The molecule has 0 N–H and O–H groups in total. The number of rotatable bonds is 5. The van der Waals surface area contributed by atoms with Crippen molar-refractivity contribution in [1.82, 2.24) is 0 Å². The number of halogens is 1. The van der Waals surface area contributed by atoms with E-state index in [1.165, 1.54) is 12.1 Å². The van der Waals surface area contributed by atoms with Gasteiger partial charge < -0.3 is 4.74 Å². The molecule has 0 spiro atoms. The maximum absolute atomic E-state index is 14.0. The van der Waals surface area contributed by atoms with Gasteiger partial charge in [-0.2, -0.15) is 4.39 Å². The molecule has 0 saturated heterocycles. The molecule has 0 radical (unpaired) electrons. The Kier molecular flexibility index (Phi) is 4.27. The predicted molar refractivity (Wildman–Crippen MR) is 73.8 cm³/mol. The molecular weight excluding hydrogens is 277 g/mol. The number of ether oxygens (including phenoxy) is 1. The monoisotopic (exact) mass is 289 g/mol. The third-order valence-electron chi connectivity index (χ3n) is 2.88. The highest BCUT2D eigenvalue weighted by atomic mass is 19.1. The molecule has 2 aromatic carbocycles. The Morgan fingerprint density at radius 1 is 1.24 bits per heavy atom. The third-order valence-corrected chi connectivity index (χ3v) is 2.88. The van der Waals surface area contributed by atoms with Crippen molar-refractivity contribution < 1.29 is 18.8 Å². The van der Waals surface area contributed by atoms with Gasteiger partial charge in [-0.3, -0.25) is 14.9 Å². The van der Waals surface area contributed by atoms with Crippen LogP contribution in [0.3, 0.4) is 0 Å². The molecule has 0 aliphatic heterocycles. The van der Waals surface area contributed by atoms with Crippen LogP contribution in [0.5, 0.6) is 5.75 Å². The van der Waals surface area contributed by atoms with Crippen molar-refractivity contribution in [1.29, 1.82) is 0 Å². The van der Waals surface area contributed by atoms with Crippen LogP contribution in [-0.4, -0.2) is 10.7 Å². The maximum Gasteiger partial charge on any atom is 0.346 e. The van der Waals surface area contributed by atoms with Gasteiger partial charge in [0, 0.05) is 0 Å². The number of hydrogen-bond donors (Lipinski definition) is 0. The fourth-order valence-corrected chi connectivity index (χ4v) is 1.84. The Bertz CT molecular complexity index is 686. The number of nitro groups is 1. The maximum atomic E-state index is 14.0. The van der Waals surface area contributed by atoms with Crippen LogP contribution in [0.1, 0.15) is 22.8 Å². The average Bonchev–Trinajstić information content (AvgIpc) is 2.45. The Balaban J connectivity index is 2.33. The van der Waals surface area contributed by atoms with Crippen LogP contribution in [0.25, 0.3) is 0 Å². The van der Waals surface area contributed by atoms with Gasteiger partial charge in [-0.05, 0) is 24.6 Å². The minimum Gasteiger partial charge on any atom is -0.482 e. The second-order valence-electron chi connectivity index (χ2n) is 4.36. The summed E-state index contributed by atoms with van der Waals surface area (Å²) < 4.78 is 19.3. The quantitative estimate of drug-likeness (QED) is 0.480. The largest absolute Gasteiger partial charge is 0.482 e. The Morgan fingerprint density at radius 3 is 2.48 bits per heavy atom. The Labute approximate surface area is 120 Å². The molecule has 0 aromatic heterocycles. The van der Waals surface area contributed by atoms with Crippen LogP contribution in [-0.2, 0) is 6.61 Å². The number of ketones is 1. The molecule has 6 heteroatoms. The third kappa shape index (κ3) is 3.22. The van der Waals surface area contributed by atoms with Crippen LogP contribution in [0.2, 0.25) is 0 Å². The molecule has 2 aromatic rings. The van der Waals surface area contributed by atoms with Crippen LogP contribution in [0.4, 0.5) is 10.1 Å². The fourth-order valence-electron chi connectivity index (χ4n) is 1.84. The van der Waals surface area contributed by atoms with Crippen LogP contribution < -0.4 is 4.74 Å². The van der Waals surface area contributed by atoms with Gasteiger partial charge in [0.25, 0.3) is 0 Å². The molecule has 0 aliphatic rings. The van der Waals surface area contributed by atoms with Crippen molar-refractivity contribution in [2.75, 3.05) is 0 Å². The molecule has 2 rings (SSSR count). The first-order chi connectivity index (χ1) is 10.0. The van der Waals surface area contributed by atoms with E-state index < -0.39 is 22.2 Å². The highest BCUT2D eigenvalue weighted by Crippen LogP contribution is 2.32. The predicted octanol–water partition coefficient (Wildman–Crippen LogP) is 3.52. The summed E-state index contributed by atoms with van der Waals surface area (Å²) in [5.41, 5.74) is -0.352. The Hall–Kier alpha value is -2.76. The molecule has 0 heterocycles. The summed E-state index contributed by atoms with van der Waals surface area (Å²) in [6.07, 6.45) is 0. The number of nitrogens with zero attached hydrogens (tertiary/aromatic N) is 1. The zero-order valence-electron chi connectivity index (χ0n) is 11.2. The molecule has 108 valence electrons. The topological polar surface area (TPSA) is 69.4 Å². The van der Waals surface area contributed by atoms with Gasteiger partial charge in [-0.1, -0.05) is 30.3 Å². The molecular formula is C15H12FNO4. The van der Waals surface area contributed by atoms with Gasteiger partial charge in [-0.25, -0.2) is 0 Å². The van der Waals surface area contributed by atoms with Crippen molar-refractivity contribution in [3.05, 3.63) is 69.5 Å². The van der Waals surface area contributed by atoms with E-state index in [0.717, 1.165) is 12.5 Å². The number of Topliss-reactive ketones (excluding diaryl/α,β-unsaturated/α-hetero) is 1. The van der Waals surface area contributed by atoms with Gasteiger partial charge in [-0.15, -0.1) is 0 Å². The normalized spacial score (nSPS) is 10.2. The lowest BCUT2D eigenvalue weighted by molar-refractivity contribution is -0.388. The van der Waals surface area contributed by atoms with E-state index in [4.69, 9.17) is 4.74 Å². The van der Waals surface area contributed by atoms with E-state index in [1.54, 1.807) is 24.3 Å². The molecule has 0 unspecified atom stereocenters. The lowest BCUT2D eigenvalue weighted by Crippen LogP contribution is -2.05. The smallest absolute Gasteiger partial charge is 0.346 e. The lowest BCUT2D eigenvalue weighted by atomic mass is 10.1. The van der Waals surface area contributed by atoms with Gasteiger partial charge in [0.1, 0.15) is 6.61 Å². The highest BCUT2D eigenvalue weighted by molar-refractivity contribution is 5.95. The second kappa shape index (κ2) is 6.13. The van der Waals surface area contributed by atoms with Crippen molar-refractivity contribution in [3.8, 4) is 5.75 Å². The summed E-state index contributed by atoms with van der Waals surface area (Å²) in [5.74, 6) is -1.95. The van der Waals surface area contributed by atoms with Crippen LogP contribution >= 0.6 is 0 Å². The number of carbonyl (C=O) groups is 1. The second-order valence-corrected chi connectivity index (χ2v) is 4.36. The van der Waals surface area contributed by atoms with Crippen LogP contribution in [0, 0.1) is 15.9 Å². The number of carbonyl (C=O) groups excluding carboxylic acids is 1. The SMILES string of the molecule is CC(=O)c1ccc(OCc2ccccc2)c([N+](=O)[O-])c1F. The summed E-state index contributed by atoms with van der Waals surface area (Å²) in [7, 11) is 0. The standard InChI is InChI=1S/C15H12FNO4/c1-10(18)12-7-8-13(15(14(12)16)17(19)20)21-9-11-5-3-2-4-6-11/h2-8H,9H2,1H3. The minimum atomic E-state index is -1.17. The van der Waals surface area contributed by atoms with Gasteiger partial charge in [0.15, 0.2) is 5.78 Å². The zero-order chi connectivity index (χ0) is 15.4. The fraction of sp³-hybridized carbons (Fsp3) is 0.133. The van der Waals surface area contributed by atoms with Crippen molar-refractivity contribution in [2.24, 2.45) is 0 Å². The summed E-state index contributed by atoms with van der Waals surface area (Å²) in [4.78, 5) is 21.3. The lowest BCUT2D eigenvalue weighted by Gasteiger charge is -2.08. The molecule has 0 amide bonds. The summed E-state index contributed by atoms with van der Waals surface area (Å²) in [6, 6.07) is 11.4. The average molecular weight is 289 g/mol. The van der Waals surface area contributed by atoms with E-state index in [-0.39, 0.29) is 17.9 Å². The van der Waals surface area contributed by atoms with Crippen LogP contribution in [0.15, 0.2) is 42.5 Å². The summed E-state index contributed by atoms with van der Waals surface area (Å²) in [5, 5.41) is 11.0. The number of nitro benzene ring substituents is 1. The molecule has 0 fully saturated rings.